The van der Waals surface area contributed by atoms with Crippen LogP contribution in [0.2, 0.25) is 0 Å². The van der Waals surface area contributed by atoms with Crippen LogP contribution >= 0.6 is 0 Å². The van der Waals surface area contributed by atoms with Crippen LogP contribution in [-0.2, 0) is 16.4 Å². The summed E-state index contributed by atoms with van der Waals surface area (Å²) in [6, 6.07) is 11.7. The van der Waals surface area contributed by atoms with Crippen molar-refractivity contribution in [3.05, 3.63) is 53.6 Å². The molecule has 0 amide bonds. The highest BCUT2D eigenvalue weighted by Crippen LogP contribution is 2.37. The van der Waals surface area contributed by atoms with E-state index in [0.29, 0.717) is 17.8 Å². The van der Waals surface area contributed by atoms with Gasteiger partial charge in [-0.3, -0.25) is 9.10 Å². The summed E-state index contributed by atoms with van der Waals surface area (Å²) in [6.45, 7) is 3.93. The van der Waals surface area contributed by atoms with E-state index in [4.69, 9.17) is 4.74 Å². The first-order valence-corrected chi connectivity index (χ1v) is 10.1. The molecule has 0 saturated carbocycles. The minimum absolute atomic E-state index is 0.142. The first-order valence-electron chi connectivity index (χ1n) is 8.67. The van der Waals surface area contributed by atoms with Crippen LogP contribution < -0.4 is 9.04 Å². The molecule has 0 saturated heterocycles. The molecule has 1 aliphatic heterocycles. The molecule has 1 aliphatic rings. The second kappa shape index (κ2) is 7.11. The molecule has 0 spiro atoms. The molecule has 0 bridgehead atoms. The summed E-state index contributed by atoms with van der Waals surface area (Å²) in [5.41, 5.74) is 2.04. The number of benzene rings is 2. The molecule has 3 rings (SSSR count). The lowest BCUT2D eigenvalue weighted by Gasteiger charge is -2.35. The molecule has 0 N–H and O–H groups in total. The number of ketones is 1. The van der Waals surface area contributed by atoms with Crippen LogP contribution in [0.25, 0.3) is 0 Å². The third kappa shape index (κ3) is 3.33. The summed E-state index contributed by atoms with van der Waals surface area (Å²) in [4.78, 5) is 11.8. The zero-order chi connectivity index (χ0) is 18.9. The minimum atomic E-state index is -3.75. The molecule has 5 nitrogen and oxygen atoms in total. The molecule has 0 aromatic heterocycles. The zero-order valence-electron chi connectivity index (χ0n) is 15.2. The van der Waals surface area contributed by atoms with E-state index in [1.807, 2.05) is 6.07 Å². The molecule has 2 aromatic carbocycles. The Bertz CT molecular complexity index is 937. The molecule has 1 atom stereocenters. The van der Waals surface area contributed by atoms with Crippen LogP contribution in [0, 0.1) is 5.92 Å². The number of Topliss-reactive ketones (excluding diaryl/α,β-unsaturated/α-hetero) is 1. The summed E-state index contributed by atoms with van der Waals surface area (Å²) in [5.74, 6) is 0.800. The number of ether oxygens (including phenoxy) is 1. The maximum absolute atomic E-state index is 13.3. The van der Waals surface area contributed by atoms with Gasteiger partial charge in [0, 0.05) is 12.1 Å². The van der Waals surface area contributed by atoms with Crippen molar-refractivity contribution in [2.45, 2.75) is 31.6 Å². The van der Waals surface area contributed by atoms with Gasteiger partial charge in [-0.1, -0.05) is 25.5 Å². The Morgan fingerprint density at radius 1 is 1.23 bits per heavy atom. The van der Waals surface area contributed by atoms with Crippen LogP contribution in [0.3, 0.4) is 0 Å². The molecular formula is C20H23NO4S. The Kier molecular flexibility index (Phi) is 5.05. The summed E-state index contributed by atoms with van der Waals surface area (Å²) < 4.78 is 33.4. The van der Waals surface area contributed by atoms with E-state index >= 15 is 0 Å². The number of carbonyl (C=O) groups excluding carboxylic acids is 1. The highest BCUT2D eigenvalue weighted by Gasteiger charge is 2.33. The van der Waals surface area contributed by atoms with Crippen LogP contribution in [0.4, 0.5) is 5.69 Å². The molecule has 6 heteroatoms. The van der Waals surface area contributed by atoms with Crippen molar-refractivity contribution in [3.8, 4) is 5.75 Å². The molecule has 2 aromatic rings. The SMILES string of the molecule is CCC1Cc2cc(OC)ccc2N(S(=O)(=O)c2cccc(C(C)=O)c2)C1. The summed E-state index contributed by atoms with van der Waals surface area (Å²) in [5, 5.41) is 0. The molecule has 26 heavy (non-hydrogen) atoms. The molecule has 0 radical (unpaired) electrons. The van der Waals surface area contributed by atoms with Crippen LogP contribution in [0.15, 0.2) is 47.4 Å². The number of rotatable bonds is 5. The lowest BCUT2D eigenvalue weighted by Crippen LogP contribution is -2.39. The first kappa shape index (κ1) is 18.5. The van der Waals surface area contributed by atoms with Crippen LogP contribution in [0.1, 0.15) is 36.2 Å². The largest absolute Gasteiger partial charge is 0.497 e. The van der Waals surface area contributed by atoms with Crippen molar-refractivity contribution in [2.24, 2.45) is 5.92 Å². The van der Waals surface area contributed by atoms with Gasteiger partial charge in [0.15, 0.2) is 5.78 Å². The summed E-state index contributed by atoms with van der Waals surface area (Å²) in [6.07, 6.45) is 1.71. The van der Waals surface area contributed by atoms with Gasteiger partial charge in [0.1, 0.15) is 5.75 Å². The highest BCUT2D eigenvalue weighted by molar-refractivity contribution is 7.92. The number of carbonyl (C=O) groups is 1. The maximum atomic E-state index is 13.3. The zero-order valence-corrected chi connectivity index (χ0v) is 16.0. The van der Waals surface area contributed by atoms with Crippen molar-refractivity contribution in [1.29, 1.82) is 0 Å². The molecule has 0 fully saturated rings. The number of methoxy groups -OCH3 is 1. The summed E-state index contributed by atoms with van der Waals surface area (Å²) >= 11 is 0. The van der Waals surface area contributed by atoms with Gasteiger partial charge in [-0.25, -0.2) is 8.42 Å². The average Bonchev–Trinajstić information content (AvgIpc) is 2.66. The van der Waals surface area contributed by atoms with E-state index in [-0.39, 0.29) is 16.6 Å². The normalized spacial score (nSPS) is 16.9. The van der Waals surface area contributed by atoms with Gasteiger partial charge < -0.3 is 4.74 Å². The van der Waals surface area contributed by atoms with Gasteiger partial charge in [-0.2, -0.15) is 0 Å². The number of hydrogen-bond donors (Lipinski definition) is 0. The Morgan fingerprint density at radius 3 is 2.65 bits per heavy atom. The number of nitrogens with zero attached hydrogens (tertiary/aromatic N) is 1. The maximum Gasteiger partial charge on any atom is 0.264 e. The third-order valence-corrected chi connectivity index (χ3v) is 6.67. The fourth-order valence-corrected chi connectivity index (χ4v) is 4.93. The van der Waals surface area contributed by atoms with Gasteiger partial charge in [0.25, 0.3) is 10.0 Å². The van der Waals surface area contributed by atoms with Gasteiger partial charge in [0.2, 0.25) is 0 Å². The second-order valence-electron chi connectivity index (χ2n) is 6.59. The summed E-state index contributed by atoms with van der Waals surface area (Å²) in [7, 11) is -2.15. The lowest BCUT2D eigenvalue weighted by molar-refractivity contribution is 0.101. The number of sulfonamides is 1. The second-order valence-corrected chi connectivity index (χ2v) is 8.46. The van der Waals surface area contributed by atoms with Gasteiger partial charge in [-0.05, 0) is 55.2 Å². The van der Waals surface area contributed by atoms with E-state index in [2.05, 4.69) is 6.92 Å². The number of fused-ring (bicyclic) bond motifs is 1. The number of hydrogen-bond acceptors (Lipinski definition) is 4. The van der Waals surface area contributed by atoms with Gasteiger partial charge in [0.05, 0.1) is 17.7 Å². The van der Waals surface area contributed by atoms with E-state index in [9.17, 15) is 13.2 Å². The van der Waals surface area contributed by atoms with Crippen molar-refractivity contribution in [3.63, 3.8) is 0 Å². The van der Waals surface area contributed by atoms with E-state index < -0.39 is 10.0 Å². The quantitative estimate of drug-likeness (QED) is 0.750. The smallest absolute Gasteiger partial charge is 0.264 e. The van der Waals surface area contributed by atoms with Crippen molar-refractivity contribution in [1.82, 2.24) is 0 Å². The Balaban J connectivity index is 2.10. The standard InChI is InChI=1S/C20H23NO4S/c1-4-15-10-17-11-18(25-3)8-9-20(17)21(13-15)26(23,24)19-7-5-6-16(12-19)14(2)22/h5-9,11-12,15H,4,10,13H2,1-3H3. The van der Waals surface area contributed by atoms with Crippen molar-refractivity contribution >= 4 is 21.5 Å². The molecule has 1 unspecified atom stereocenters. The first-order chi connectivity index (χ1) is 12.4. The predicted molar refractivity (Wildman–Crippen MR) is 101 cm³/mol. The van der Waals surface area contributed by atoms with Crippen LogP contribution in [-0.4, -0.2) is 27.9 Å². The van der Waals surface area contributed by atoms with E-state index in [1.54, 1.807) is 37.4 Å². The molecule has 1 heterocycles. The highest BCUT2D eigenvalue weighted by atomic mass is 32.2. The van der Waals surface area contributed by atoms with Crippen molar-refractivity contribution < 1.29 is 17.9 Å². The Hall–Kier alpha value is -2.34. The Morgan fingerprint density at radius 2 is 2.00 bits per heavy atom. The average molecular weight is 373 g/mol. The third-order valence-electron chi connectivity index (χ3n) is 4.89. The predicted octanol–water partition coefficient (Wildman–Crippen LogP) is 3.68. The topological polar surface area (TPSA) is 63.7 Å². The fourth-order valence-electron chi connectivity index (χ4n) is 3.31. The molecule has 138 valence electrons. The molecule has 0 aliphatic carbocycles. The van der Waals surface area contributed by atoms with Crippen LogP contribution in [0.5, 0.6) is 5.75 Å². The monoisotopic (exact) mass is 373 g/mol. The van der Waals surface area contributed by atoms with E-state index in [0.717, 1.165) is 24.2 Å². The Labute approximate surface area is 154 Å². The van der Waals surface area contributed by atoms with E-state index in [1.165, 1.54) is 17.3 Å². The number of anilines is 1. The fraction of sp³-hybridized carbons (Fsp3) is 0.350. The minimum Gasteiger partial charge on any atom is -0.497 e. The lowest BCUT2D eigenvalue weighted by atomic mass is 9.92. The molecular weight excluding hydrogens is 350 g/mol. The van der Waals surface area contributed by atoms with Gasteiger partial charge in [-0.15, -0.1) is 0 Å². The van der Waals surface area contributed by atoms with Crippen molar-refractivity contribution in [2.75, 3.05) is 18.0 Å². The van der Waals surface area contributed by atoms with Gasteiger partial charge >= 0.3 is 0 Å².